The zero-order valence-electron chi connectivity index (χ0n) is 19.4. The van der Waals surface area contributed by atoms with Gasteiger partial charge in [-0.1, -0.05) is 55.5 Å². The summed E-state index contributed by atoms with van der Waals surface area (Å²) in [7, 11) is 0. The fourth-order valence-corrected chi connectivity index (χ4v) is 4.59. The van der Waals surface area contributed by atoms with Crippen molar-refractivity contribution in [3.05, 3.63) is 59.7 Å². The van der Waals surface area contributed by atoms with Gasteiger partial charge in [-0.15, -0.1) is 0 Å². The molecule has 8 heteroatoms. The van der Waals surface area contributed by atoms with Gasteiger partial charge in [-0.05, 0) is 42.0 Å². The third-order valence-corrected chi connectivity index (χ3v) is 6.85. The highest BCUT2D eigenvalue weighted by Crippen LogP contribution is 2.44. The Labute approximate surface area is 198 Å². The molecule has 180 valence electrons. The molecule has 2 aromatic rings. The van der Waals surface area contributed by atoms with Crippen LogP contribution in [0.3, 0.4) is 0 Å². The quantitative estimate of drug-likeness (QED) is 0.550. The maximum Gasteiger partial charge on any atom is 0.408 e. The van der Waals surface area contributed by atoms with Crippen LogP contribution in [-0.2, 0) is 19.1 Å². The highest BCUT2D eigenvalue weighted by molar-refractivity contribution is 5.89. The van der Waals surface area contributed by atoms with Crippen LogP contribution in [-0.4, -0.2) is 54.5 Å². The van der Waals surface area contributed by atoms with Crippen LogP contribution in [0.15, 0.2) is 48.5 Å². The predicted molar refractivity (Wildman–Crippen MR) is 125 cm³/mol. The van der Waals surface area contributed by atoms with Crippen LogP contribution in [0.2, 0.25) is 0 Å². The number of amides is 2. The molecule has 0 radical (unpaired) electrons. The summed E-state index contributed by atoms with van der Waals surface area (Å²) < 4.78 is 11.0. The van der Waals surface area contributed by atoms with Crippen molar-refractivity contribution >= 4 is 18.0 Å². The number of carboxylic acid groups (broad SMARTS) is 1. The van der Waals surface area contributed by atoms with Crippen molar-refractivity contribution in [1.29, 1.82) is 0 Å². The summed E-state index contributed by atoms with van der Waals surface area (Å²) in [5.74, 6) is -1.89. The number of fused-ring (bicyclic) bond motifs is 3. The van der Waals surface area contributed by atoms with E-state index in [-0.39, 0.29) is 37.7 Å². The van der Waals surface area contributed by atoms with Gasteiger partial charge in [-0.3, -0.25) is 9.59 Å². The number of nitrogens with one attached hydrogen (secondary N) is 2. The second kappa shape index (κ2) is 9.85. The van der Waals surface area contributed by atoms with Crippen LogP contribution in [0.1, 0.15) is 43.7 Å². The fourth-order valence-electron chi connectivity index (χ4n) is 4.59. The number of ether oxygens (including phenoxy) is 2. The van der Waals surface area contributed by atoms with Gasteiger partial charge in [0.1, 0.15) is 12.1 Å². The topological polar surface area (TPSA) is 114 Å². The summed E-state index contributed by atoms with van der Waals surface area (Å²) >= 11 is 0. The molecule has 34 heavy (non-hydrogen) atoms. The molecule has 0 saturated carbocycles. The number of hydrogen-bond donors (Lipinski definition) is 3. The second-order valence-electron chi connectivity index (χ2n) is 9.07. The van der Waals surface area contributed by atoms with Crippen molar-refractivity contribution in [1.82, 2.24) is 10.6 Å². The molecule has 0 spiro atoms. The Kier molecular flexibility index (Phi) is 6.88. The van der Waals surface area contributed by atoms with E-state index in [0.29, 0.717) is 12.8 Å². The van der Waals surface area contributed by atoms with E-state index in [1.165, 1.54) is 0 Å². The SMILES string of the molecule is CCC(C)(NC(=O)OCC1c2ccccc2-c2ccccc21)C(=O)NC[C@@H]1C[C@H](C(=O)O)CO1. The summed E-state index contributed by atoms with van der Waals surface area (Å²) in [6, 6.07) is 16.2. The Hall–Kier alpha value is -3.39. The molecular weight excluding hydrogens is 436 g/mol. The molecule has 1 unspecified atom stereocenters. The van der Waals surface area contributed by atoms with E-state index in [9.17, 15) is 14.4 Å². The lowest BCUT2D eigenvalue weighted by Crippen LogP contribution is -2.57. The number of carbonyl (C=O) groups excluding carboxylic acids is 2. The average Bonchev–Trinajstić information content (AvgIpc) is 3.44. The Morgan fingerprint density at radius 1 is 1.09 bits per heavy atom. The molecule has 0 bridgehead atoms. The molecule has 2 amide bonds. The van der Waals surface area contributed by atoms with Gasteiger partial charge in [-0.2, -0.15) is 0 Å². The van der Waals surface area contributed by atoms with Gasteiger partial charge in [0.05, 0.1) is 18.6 Å². The molecule has 2 aromatic carbocycles. The molecule has 3 atom stereocenters. The van der Waals surface area contributed by atoms with E-state index in [0.717, 1.165) is 22.3 Å². The first-order valence-corrected chi connectivity index (χ1v) is 11.6. The lowest BCUT2D eigenvalue weighted by atomic mass is 9.97. The number of rotatable bonds is 8. The number of alkyl carbamates (subject to hydrolysis) is 1. The maximum absolute atomic E-state index is 12.8. The Morgan fingerprint density at radius 3 is 2.26 bits per heavy atom. The van der Waals surface area contributed by atoms with E-state index in [4.69, 9.17) is 14.6 Å². The lowest BCUT2D eigenvalue weighted by molar-refractivity contribution is -0.141. The summed E-state index contributed by atoms with van der Waals surface area (Å²) in [5, 5.41) is 14.6. The van der Waals surface area contributed by atoms with Crippen molar-refractivity contribution in [2.24, 2.45) is 5.92 Å². The number of carbonyl (C=O) groups is 3. The molecule has 1 aliphatic heterocycles. The van der Waals surface area contributed by atoms with E-state index in [1.807, 2.05) is 36.4 Å². The van der Waals surface area contributed by atoms with Crippen LogP contribution in [0.25, 0.3) is 11.1 Å². The van der Waals surface area contributed by atoms with Crippen LogP contribution < -0.4 is 10.6 Å². The number of carboxylic acids is 1. The van der Waals surface area contributed by atoms with Gasteiger partial charge in [-0.25, -0.2) is 4.79 Å². The molecule has 1 aliphatic carbocycles. The minimum Gasteiger partial charge on any atom is -0.481 e. The standard InChI is InChI=1S/C26H30N2O6/c1-3-26(2,24(31)27-13-17-12-16(14-33-17)23(29)30)28-25(32)34-15-22-20-10-6-4-8-18(20)19-9-5-7-11-21(19)22/h4-11,16-17,22H,3,12-15H2,1-2H3,(H,27,31)(H,28,32)(H,29,30)/t16-,17-,26?/m0/s1. The second-order valence-corrected chi connectivity index (χ2v) is 9.07. The fraction of sp³-hybridized carbons (Fsp3) is 0.423. The van der Waals surface area contributed by atoms with Crippen molar-refractivity contribution in [3.8, 4) is 11.1 Å². The van der Waals surface area contributed by atoms with Crippen LogP contribution in [0, 0.1) is 5.92 Å². The van der Waals surface area contributed by atoms with Crippen molar-refractivity contribution in [3.63, 3.8) is 0 Å². The molecule has 4 rings (SSSR count). The number of aliphatic carboxylic acids is 1. The highest BCUT2D eigenvalue weighted by atomic mass is 16.5. The smallest absolute Gasteiger partial charge is 0.408 e. The van der Waals surface area contributed by atoms with Gasteiger partial charge in [0.25, 0.3) is 0 Å². The van der Waals surface area contributed by atoms with Crippen molar-refractivity contribution < 1.29 is 29.0 Å². The Balaban J connectivity index is 1.33. The van der Waals surface area contributed by atoms with Crippen LogP contribution in [0.4, 0.5) is 4.79 Å². The van der Waals surface area contributed by atoms with Gasteiger partial charge in [0.2, 0.25) is 5.91 Å². The lowest BCUT2D eigenvalue weighted by Gasteiger charge is -2.28. The molecular formula is C26H30N2O6. The third-order valence-electron chi connectivity index (χ3n) is 6.85. The summed E-state index contributed by atoms with van der Waals surface area (Å²) in [4.78, 5) is 36.6. The molecule has 1 fully saturated rings. The minimum atomic E-state index is -1.17. The molecule has 1 heterocycles. The van der Waals surface area contributed by atoms with Gasteiger partial charge in [0.15, 0.2) is 0 Å². The molecule has 8 nitrogen and oxygen atoms in total. The molecule has 0 aromatic heterocycles. The zero-order chi connectivity index (χ0) is 24.3. The highest BCUT2D eigenvalue weighted by Gasteiger charge is 2.36. The summed E-state index contributed by atoms with van der Waals surface area (Å²) in [6.07, 6.45) is -0.324. The van der Waals surface area contributed by atoms with Gasteiger partial charge >= 0.3 is 12.1 Å². The first-order valence-electron chi connectivity index (χ1n) is 11.6. The monoisotopic (exact) mass is 466 g/mol. The van der Waals surface area contributed by atoms with Crippen molar-refractivity contribution in [2.75, 3.05) is 19.8 Å². The van der Waals surface area contributed by atoms with E-state index in [1.54, 1.807) is 13.8 Å². The van der Waals surface area contributed by atoms with Gasteiger partial charge < -0.3 is 25.2 Å². The van der Waals surface area contributed by atoms with Crippen molar-refractivity contribution in [2.45, 2.75) is 44.2 Å². The van der Waals surface area contributed by atoms with E-state index < -0.39 is 23.5 Å². The van der Waals surface area contributed by atoms with E-state index in [2.05, 4.69) is 22.8 Å². The average molecular weight is 467 g/mol. The summed E-state index contributed by atoms with van der Waals surface area (Å²) in [6.45, 7) is 3.92. The predicted octanol–water partition coefficient (Wildman–Crippen LogP) is 3.30. The summed E-state index contributed by atoms with van der Waals surface area (Å²) in [5.41, 5.74) is 3.34. The zero-order valence-corrected chi connectivity index (χ0v) is 19.4. The normalized spacial score (nSPS) is 20.6. The molecule has 3 N–H and O–H groups in total. The Morgan fingerprint density at radius 2 is 1.71 bits per heavy atom. The maximum atomic E-state index is 12.8. The first-order chi connectivity index (χ1) is 16.3. The third kappa shape index (κ3) is 4.77. The molecule has 2 aliphatic rings. The van der Waals surface area contributed by atoms with Crippen LogP contribution >= 0.6 is 0 Å². The van der Waals surface area contributed by atoms with Gasteiger partial charge in [0, 0.05) is 12.5 Å². The minimum absolute atomic E-state index is 0.0680. The largest absolute Gasteiger partial charge is 0.481 e. The first kappa shape index (κ1) is 23.8. The Bertz CT molecular complexity index is 1040. The number of hydrogen-bond acceptors (Lipinski definition) is 5. The molecule has 1 saturated heterocycles. The van der Waals surface area contributed by atoms with E-state index >= 15 is 0 Å². The van der Waals surface area contributed by atoms with Crippen LogP contribution in [0.5, 0.6) is 0 Å². The number of benzene rings is 2.